The summed E-state index contributed by atoms with van der Waals surface area (Å²) in [5, 5.41) is 25.0. The summed E-state index contributed by atoms with van der Waals surface area (Å²) in [6, 6.07) is 8.41. The van der Waals surface area contributed by atoms with Crippen LogP contribution in [0.15, 0.2) is 55.2 Å². The van der Waals surface area contributed by atoms with Gasteiger partial charge in [-0.1, -0.05) is 0 Å². The highest BCUT2D eigenvalue weighted by atomic mass is 32.2. The molecule has 3 aliphatic rings. The number of aliphatic hydroxyl groups is 1. The number of aromatic nitrogens is 6. The maximum Gasteiger partial charge on any atom is 0.256 e. The summed E-state index contributed by atoms with van der Waals surface area (Å²) in [7, 11) is -1.32. The third-order valence-corrected chi connectivity index (χ3v) is 11.4. The van der Waals surface area contributed by atoms with Gasteiger partial charge in [-0.05, 0) is 96.6 Å². The minimum Gasteiger partial charge on any atom is -0.390 e. The van der Waals surface area contributed by atoms with Crippen LogP contribution in [0.1, 0.15) is 58.3 Å². The minimum absolute atomic E-state index is 0.193. The van der Waals surface area contributed by atoms with E-state index in [1.165, 1.54) is 12.4 Å². The summed E-state index contributed by atoms with van der Waals surface area (Å²) in [6.45, 7) is 4.06. The van der Waals surface area contributed by atoms with Crippen molar-refractivity contribution in [3.05, 3.63) is 55.2 Å². The lowest BCUT2D eigenvalue weighted by Crippen LogP contribution is -2.36. The van der Waals surface area contributed by atoms with Gasteiger partial charge in [-0.3, -0.25) is 4.98 Å². The first-order chi connectivity index (χ1) is 22.6. The summed E-state index contributed by atoms with van der Waals surface area (Å²) in [5.74, 6) is 1.45. The van der Waals surface area contributed by atoms with Crippen molar-refractivity contribution < 1.29 is 13.5 Å². The molecule has 0 spiro atoms. The highest BCUT2D eigenvalue weighted by Crippen LogP contribution is 2.35. The zero-order valence-electron chi connectivity index (χ0n) is 26.8. The Morgan fingerprint density at radius 2 is 1.64 bits per heavy atom. The van der Waals surface area contributed by atoms with E-state index in [0.29, 0.717) is 41.9 Å². The molecule has 1 aliphatic heterocycles. The molecule has 47 heavy (non-hydrogen) atoms. The van der Waals surface area contributed by atoms with Gasteiger partial charge in [0.15, 0.2) is 5.82 Å². The second-order valence-electron chi connectivity index (χ2n) is 13.4. The highest BCUT2D eigenvalue weighted by molar-refractivity contribution is 7.90. The fraction of sp³-hybridized carbons (Fsp3) is 0.485. The molecule has 248 valence electrons. The molecule has 4 aromatic heterocycles. The number of nitrogens with one attached hydrogen (secondary N) is 3. The van der Waals surface area contributed by atoms with E-state index in [2.05, 4.69) is 49.0 Å². The predicted octanol–water partition coefficient (Wildman–Crippen LogP) is 4.49. The Kier molecular flexibility index (Phi) is 8.57. The van der Waals surface area contributed by atoms with Crippen LogP contribution in [-0.2, 0) is 10.0 Å². The van der Waals surface area contributed by atoms with Crippen molar-refractivity contribution in [2.75, 3.05) is 36.1 Å². The molecule has 0 atom stereocenters. The van der Waals surface area contributed by atoms with Gasteiger partial charge in [-0.2, -0.15) is 9.19 Å². The number of hydrogen-bond donors (Lipinski definition) is 4. The zero-order valence-corrected chi connectivity index (χ0v) is 27.6. The van der Waals surface area contributed by atoms with Gasteiger partial charge in [-0.25, -0.2) is 23.4 Å². The molecule has 0 aromatic carbocycles. The Bertz CT molecular complexity index is 1820. The Morgan fingerprint density at radius 3 is 2.40 bits per heavy atom. The van der Waals surface area contributed by atoms with Crippen molar-refractivity contribution in [2.24, 2.45) is 0 Å². The fourth-order valence-electron chi connectivity index (χ4n) is 6.28. The van der Waals surface area contributed by atoms with Crippen LogP contribution in [0.25, 0.3) is 22.6 Å². The number of hydrogen-bond acceptors (Lipinski definition) is 12. The normalized spacial score (nSPS) is 22.6. The fourth-order valence-corrected chi connectivity index (χ4v) is 7.76. The lowest BCUT2D eigenvalue weighted by atomic mass is 9.83. The zero-order chi connectivity index (χ0) is 32.6. The molecule has 0 amide bonds. The average Bonchev–Trinajstić information content (AvgIpc) is 3.80. The van der Waals surface area contributed by atoms with Crippen molar-refractivity contribution in [1.29, 1.82) is 0 Å². The molecule has 3 fully saturated rings. The standard InChI is InChI=1S/C33H42N10O3S/c1-33(44)11-5-23(6-12-33)39-29-18-31(36-20-27(29)28-17-25(7-13-34-28)38-24-9-15-42(2)16-10-24)40-30-8-14-35-32(41-30)22-19-37-43(21-22)47(45,46)26-3-4-26/h7-8,13-14,17-21,23-24,26,44H,3-6,9-12,15-16H2,1-2H3,(H,34,38)(H2,35,36,39,40,41). The predicted molar refractivity (Wildman–Crippen MR) is 182 cm³/mol. The molecule has 1 saturated heterocycles. The molecule has 2 aliphatic carbocycles. The molecule has 0 unspecified atom stereocenters. The van der Waals surface area contributed by atoms with Crippen LogP contribution in [-0.4, -0.2) is 90.6 Å². The van der Waals surface area contributed by atoms with Crippen LogP contribution in [0.5, 0.6) is 0 Å². The summed E-state index contributed by atoms with van der Waals surface area (Å²) >= 11 is 0. The second-order valence-corrected chi connectivity index (χ2v) is 15.5. The molecule has 14 heteroatoms. The van der Waals surface area contributed by atoms with Gasteiger partial charge in [-0.15, -0.1) is 0 Å². The van der Waals surface area contributed by atoms with E-state index < -0.39 is 15.6 Å². The molecule has 4 aromatic rings. The van der Waals surface area contributed by atoms with Gasteiger partial charge in [0.05, 0.1) is 34.5 Å². The van der Waals surface area contributed by atoms with E-state index >= 15 is 0 Å². The Balaban J connectivity index is 1.13. The maximum absolute atomic E-state index is 12.6. The molecule has 7 rings (SSSR count). The SMILES string of the molecule is CN1CCC(Nc2ccnc(-c3cnc(Nc4ccnc(-c5cnn(S(=O)(=O)C6CC6)c5)n4)cc3NC3CCC(C)(O)CC3)c2)CC1. The van der Waals surface area contributed by atoms with E-state index in [-0.39, 0.29) is 11.3 Å². The van der Waals surface area contributed by atoms with Gasteiger partial charge in [0.1, 0.15) is 11.6 Å². The van der Waals surface area contributed by atoms with E-state index in [1.807, 2.05) is 31.5 Å². The van der Waals surface area contributed by atoms with Crippen LogP contribution in [0.2, 0.25) is 0 Å². The molecule has 5 heterocycles. The lowest BCUT2D eigenvalue weighted by Gasteiger charge is -2.34. The first-order valence-electron chi connectivity index (χ1n) is 16.4. The van der Waals surface area contributed by atoms with E-state index in [1.54, 1.807) is 12.3 Å². The van der Waals surface area contributed by atoms with Crippen LogP contribution in [0, 0.1) is 0 Å². The van der Waals surface area contributed by atoms with Crippen LogP contribution in [0.3, 0.4) is 0 Å². The van der Waals surface area contributed by atoms with Gasteiger partial charge < -0.3 is 26.0 Å². The Labute approximate surface area is 275 Å². The summed E-state index contributed by atoms with van der Waals surface area (Å²) < 4.78 is 26.3. The van der Waals surface area contributed by atoms with Crippen molar-refractivity contribution in [3.63, 3.8) is 0 Å². The molecule has 0 radical (unpaired) electrons. The van der Waals surface area contributed by atoms with Crippen LogP contribution >= 0.6 is 0 Å². The molecular weight excluding hydrogens is 616 g/mol. The summed E-state index contributed by atoms with van der Waals surface area (Å²) in [6.07, 6.45) is 14.9. The van der Waals surface area contributed by atoms with Gasteiger partial charge in [0, 0.05) is 53.7 Å². The number of nitrogens with zero attached hydrogens (tertiary/aromatic N) is 7. The van der Waals surface area contributed by atoms with Gasteiger partial charge in [0.25, 0.3) is 10.0 Å². The number of anilines is 4. The third-order valence-electron chi connectivity index (χ3n) is 9.39. The first-order valence-corrected chi connectivity index (χ1v) is 17.9. The Morgan fingerprint density at radius 1 is 0.894 bits per heavy atom. The third kappa shape index (κ3) is 7.39. The quantitative estimate of drug-likeness (QED) is 0.189. The van der Waals surface area contributed by atoms with E-state index in [9.17, 15) is 13.5 Å². The summed E-state index contributed by atoms with van der Waals surface area (Å²) in [4.78, 5) is 20.8. The molecular formula is C33H42N10O3S. The van der Waals surface area contributed by atoms with Crippen LogP contribution < -0.4 is 16.0 Å². The topological polar surface area (TPSA) is 163 Å². The van der Waals surface area contributed by atoms with E-state index in [0.717, 1.165) is 78.3 Å². The van der Waals surface area contributed by atoms with Gasteiger partial charge in [0.2, 0.25) is 0 Å². The van der Waals surface area contributed by atoms with Crippen molar-refractivity contribution in [1.82, 2.24) is 34.0 Å². The number of pyridine rings is 2. The second kappa shape index (κ2) is 12.8. The number of piperidine rings is 1. The lowest BCUT2D eigenvalue weighted by molar-refractivity contribution is 0.0196. The van der Waals surface area contributed by atoms with Crippen molar-refractivity contribution >= 4 is 33.0 Å². The minimum atomic E-state index is -3.48. The maximum atomic E-state index is 12.6. The van der Waals surface area contributed by atoms with Crippen molar-refractivity contribution in [2.45, 2.75) is 81.2 Å². The first kappa shape index (κ1) is 31.5. The molecule has 0 bridgehead atoms. The number of rotatable bonds is 10. The molecule has 13 nitrogen and oxygen atoms in total. The molecule has 4 N–H and O–H groups in total. The smallest absolute Gasteiger partial charge is 0.256 e. The Hall–Kier alpha value is -4.14. The monoisotopic (exact) mass is 658 g/mol. The summed E-state index contributed by atoms with van der Waals surface area (Å²) in [5.41, 5.74) is 3.50. The number of likely N-dealkylation sites (tertiary alicyclic amines) is 1. The largest absolute Gasteiger partial charge is 0.390 e. The van der Waals surface area contributed by atoms with E-state index in [4.69, 9.17) is 9.97 Å². The highest BCUT2D eigenvalue weighted by Gasteiger charge is 2.37. The molecule has 2 saturated carbocycles. The van der Waals surface area contributed by atoms with Gasteiger partial charge >= 0.3 is 0 Å². The average molecular weight is 659 g/mol. The van der Waals surface area contributed by atoms with Crippen molar-refractivity contribution in [3.8, 4) is 22.6 Å². The van der Waals surface area contributed by atoms with Crippen LogP contribution in [0.4, 0.5) is 23.0 Å².